The molecule has 0 bridgehead atoms. The number of aryl methyl sites for hydroxylation is 2. The first-order valence-electron chi connectivity index (χ1n) is 9.69. The second-order valence-electron chi connectivity index (χ2n) is 7.00. The van der Waals surface area contributed by atoms with E-state index in [0.717, 1.165) is 16.8 Å². The maximum absolute atomic E-state index is 12.8. The summed E-state index contributed by atoms with van der Waals surface area (Å²) in [4.78, 5) is 37.4. The molecule has 0 unspecified atom stereocenters. The van der Waals surface area contributed by atoms with Crippen molar-refractivity contribution >= 4 is 11.2 Å². The zero-order valence-electron chi connectivity index (χ0n) is 16.7. The molecule has 29 heavy (non-hydrogen) atoms. The van der Waals surface area contributed by atoms with Crippen LogP contribution in [0.15, 0.2) is 40.3 Å². The Labute approximate surface area is 166 Å². The quantitative estimate of drug-likeness (QED) is 0.539. The SMILES string of the molecule is CCCn1c(=O)c2[nH]c(-c3cnn(Cc4ccc(C)nc4)c3)nc2n(CC)c1=O. The molecule has 0 fully saturated rings. The lowest BCUT2D eigenvalue weighted by atomic mass is 10.2. The van der Waals surface area contributed by atoms with Gasteiger partial charge >= 0.3 is 5.69 Å². The Bertz CT molecular complexity index is 1280. The lowest BCUT2D eigenvalue weighted by Gasteiger charge is -2.07. The lowest BCUT2D eigenvalue weighted by Crippen LogP contribution is -2.39. The summed E-state index contributed by atoms with van der Waals surface area (Å²) in [7, 11) is 0. The lowest BCUT2D eigenvalue weighted by molar-refractivity contribution is 0.572. The Hall–Kier alpha value is -3.49. The van der Waals surface area contributed by atoms with Gasteiger partial charge in [0.2, 0.25) is 0 Å². The van der Waals surface area contributed by atoms with Gasteiger partial charge in [0.1, 0.15) is 11.3 Å². The Balaban J connectivity index is 1.74. The van der Waals surface area contributed by atoms with Crippen molar-refractivity contribution in [2.75, 3.05) is 0 Å². The summed E-state index contributed by atoms with van der Waals surface area (Å²) in [6.45, 7) is 7.14. The normalized spacial score (nSPS) is 11.4. The van der Waals surface area contributed by atoms with Crippen LogP contribution < -0.4 is 11.2 Å². The number of imidazole rings is 1. The van der Waals surface area contributed by atoms with Gasteiger partial charge in [-0.15, -0.1) is 0 Å². The topological polar surface area (TPSA) is 103 Å². The van der Waals surface area contributed by atoms with Gasteiger partial charge in [0.25, 0.3) is 5.56 Å². The molecule has 0 spiro atoms. The summed E-state index contributed by atoms with van der Waals surface area (Å²) < 4.78 is 4.58. The molecule has 0 aliphatic carbocycles. The molecule has 4 rings (SSSR count). The van der Waals surface area contributed by atoms with E-state index in [1.54, 1.807) is 10.9 Å². The predicted molar refractivity (Wildman–Crippen MR) is 110 cm³/mol. The van der Waals surface area contributed by atoms with Crippen LogP contribution in [0.1, 0.15) is 31.5 Å². The minimum absolute atomic E-state index is 0.326. The van der Waals surface area contributed by atoms with Crippen molar-refractivity contribution in [3.8, 4) is 11.4 Å². The molecule has 9 heteroatoms. The number of fused-ring (bicyclic) bond motifs is 1. The number of rotatable bonds is 6. The number of nitrogens with one attached hydrogen (secondary N) is 1. The standard InChI is InChI=1S/C20H23N7O2/c1-4-8-27-19(28)16-18(26(5-2)20(27)29)24-17(23-16)15-10-22-25(12-15)11-14-7-6-13(3)21-9-14/h6-7,9-10,12H,4-5,8,11H2,1-3H3,(H,23,24). The first-order chi connectivity index (χ1) is 14.0. The monoisotopic (exact) mass is 393 g/mol. The van der Waals surface area contributed by atoms with Gasteiger partial charge in [0, 0.05) is 31.2 Å². The van der Waals surface area contributed by atoms with Gasteiger partial charge in [0.15, 0.2) is 5.65 Å². The minimum atomic E-state index is -0.339. The zero-order valence-corrected chi connectivity index (χ0v) is 16.7. The predicted octanol–water partition coefficient (Wildman–Crippen LogP) is 1.93. The Morgan fingerprint density at radius 1 is 1.10 bits per heavy atom. The van der Waals surface area contributed by atoms with E-state index in [2.05, 4.69) is 20.1 Å². The molecule has 0 aromatic carbocycles. The van der Waals surface area contributed by atoms with Crippen molar-refractivity contribution in [1.29, 1.82) is 0 Å². The van der Waals surface area contributed by atoms with Gasteiger partial charge in [-0.2, -0.15) is 5.10 Å². The molecule has 4 heterocycles. The molecule has 0 aliphatic rings. The van der Waals surface area contributed by atoms with Crippen LogP contribution >= 0.6 is 0 Å². The van der Waals surface area contributed by atoms with Crippen LogP contribution in [0.25, 0.3) is 22.6 Å². The second-order valence-corrected chi connectivity index (χ2v) is 7.00. The summed E-state index contributed by atoms with van der Waals surface area (Å²) >= 11 is 0. The molecule has 0 saturated heterocycles. The molecule has 9 nitrogen and oxygen atoms in total. The third-order valence-electron chi connectivity index (χ3n) is 4.85. The van der Waals surface area contributed by atoms with E-state index in [0.29, 0.717) is 43.0 Å². The van der Waals surface area contributed by atoms with Gasteiger partial charge in [-0.1, -0.05) is 13.0 Å². The number of H-pyrrole nitrogens is 1. The molecular formula is C20H23N7O2. The van der Waals surface area contributed by atoms with E-state index in [1.807, 2.05) is 45.3 Å². The van der Waals surface area contributed by atoms with Crippen LogP contribution in [0.4, 0.5) is 0 Å². The van der Waals surface area contributed by atoms with Crippen LogP contribution in [0.3, 0.4) is 0 Å². The Morgan fingerprint density at radius 2 is 1.93 bits per heavy atom. The van der Waals surface area contributed by atoms with E-state index < -0.39 is 0 Å². The molecule has 4 aromatic rings. The molecule has 1 N–H and O–H groups in total. The average molecular weight is 393 g/mol. The molecule has 0 amide bonds. The highest BCUT2D eigenvalue weighted by Crippen LogP contribution is 2.18. The maximum atomic E-state index is 12.8. The van der Waals surface area contributed by atoms with Gasteiger partial charge < -0.3 is 4.98 Å². The van der Waals surface area contributed by atoms with Gasteiger partial charge in [-0.25, -0.2) is 9.78 Å². The number of aromatic amines is 1. The fraction of sp³-hybridized carbons (Fsp3) is 0.350. The average Bonchev–Trinajstić information content (AvgIpc) is 3.35. The van der Waals surface area contributed by atoms with Gasteiger partial charge in [-0.3, -0.25) is 23.6 Å². The van der Waals surface area contributed by atoms with Crippen LogP contribution in [-0.4, -0.2) is 33.9 Å². The van der Waals surface area contributed by atoms with E-state index in [4.69, 9.17) is 0 Å². The van der Waals surface area contributed by atoms with E-state index >= 15 is 0 Å². The van der Waals surface area contributed by atoms with Crippen molar-refractivity contribution in [1.82, 2.24) is 33.9 Å². The third-order valence-corrected chi connectivity index (χ3v) is 4.85. The van der Waals surface area contributed by atoms with Crippen LogP contribution in [0.5, 0.6) is 0 Å². The van der Waals surface area contributed by atoms with Gasteiger partial charge in [-0.05, 0) is 31.9 Å². The van der Waals surface area contributed by atoms with E-state index in [-0.39, 0.29) is 11.2 Å². The van der Waals surface area contributed by atoms with Crippen LogP contribution in [0, 0.1) is 6.92 Å². The smallest absolute Gasteiger partial charge is 0.332 e. The van der Waals surface area contributed by atoms with Crippen LogP contribution in [0.2, 0.25) is 0 Å². The number of hydrogen-bond acceptors (Lipinski definition) is 5. The van der Waals surface area contributed by atoms with Crippen molar-refractivity contribution in [3.63, 3.8) is 0 Å². The number of nitrogens with zero attached hydrogens (tertiary/aromatic N) is 6. The second kappa shape index (κ2) is 7.50. The van der Waals surface area contributed by atoms with E-state index in [9.17, 15) is 9.59 Å². The first kappa shape index (κ1) is 18.9. The first-order valence-corrected chi connectivity index (χ1v) is 9.69. The Kier molecular flexibility index (Phi) is 4.87. The van der Waals surface area contributed by atoms with Crippen molar-refractivity contribution < 1.29 is 0 Å². The molecule has 0 atom stereocenters. The fourth-order valence-electron chi connectivity index (χ4n) is 3.36. The number of pyridine rings is 1. The molecule has 0 aliphatic heterocycles. The van der Waals surface area contributed by atoms with Gasteiger partial charge in [0.05, 0.1) is 18.3 Å². The van der Waals surface area contributed by atoms with Crippen molar-refractivity contribution in [2.45, 2.75) is 46.8 Å². The summed E-state index contributed by atoms with van der Waals surface area (Å²) in [6, 6.07) is 3.98. The largest absolute Gasteiger partial charge is 0.332 e. The van der Waals surface area contributed by atoms with Crippen molar-refractivity contribution in [3.05, 3.63) is 62.8 Å². The fourth-order valence-corrected chi connectivity index (χ4v) is 3.36. The summed E-state index contributed by atoms with van der Waals surface area (Å²) in [6.07, 6.45) is 6.08. The highest BCUT2D eigenvalue weighted by molar-refractivity contribution is 5.75. The molecule has 0 saturated carbocycles. The molecular weight excluding hydrogens is 370 g/mol. The summed E-state index contributed by atoms with van der Waals surface area (Å²) in [5.41, 5.74) is 2.80. The third kappa shape index (κ3) is 3.39. The molecule has 4 aromatic heterocycles. The highest BCUT2D eigenvalue weighted by atomic mass is 16.2. The summed E-state index contributed by atoms with van der Waals surface area (Å²) in [5.74, 6) is 0.515. The van der Waals surface area contributed by atoms with Crippen molar-refractivity contribution in [2.24, 2.45) is 0 Å². The Morgan fingerprint density at radius 3 is 2.62 bits per heavy atom. The summed E-state index contributed by atoms with van der Waals surface area (Å²) in [5, 5.41) is 4.39. The maximum Gasteiger partial charge on any atom is 0.332 e. The molecule has 150 valence electrons. The molecule has 0 radical (unpaired) electrons. The van der Waals surface area contributed by atoms with E-state index in [1.165, 1.54) is 9.13 Å². The zero-order chi connectivity index (χ0) is 20.5. The minimum Gasteiger partial charge on any atom is -0.332 e. The van der Waals surface area contributed by atoms with Crippen LogP contribution in [-0.2, 0) is 19.6 Å². The highest BCUT2D eigenvalue weighted by Gasteiger charge is 2.17. The number of aromatic nitrogens is 7. The number of hydrogen-bond donors (Lipinski definition) is 1.